The highest BCUT2D eigenvalue weighted by atomic mass is 31.2. The number of aliphatic hydroxyl groups excluding tert-OH is 5. The Balaban J connectivity index is 2.29. The van der Waals surface area contributed by atoms with Crippen molar-refractivity contribution in [3.8, 4) is 0 Å². The molecule has 6 N–H and O–H groups in total. The number of allylic oxidation sites excluding steroid dienone is 4. The lowest BCUT2D eigenvalue weighted by Gasteiger charge is -2.41. The molecule has 0 radical (unpaired) electrons. The second-order valence-electron chi connectivity index (χ2n) is 19.8. The third kappa shape index (κ3) is 36.7. The second-order valence-corrected chi connectivity index (χ2v) is 21.2. The van der Waals surface area contributed by atoms with Gasteiger partial charge in [0.15, 0.2) is 0 Å². The normalized spacial score (nSPS) is 21.2. The lowest BCUT2D eigenvalue weighted by molar-refractivity contribution is -0.220. The van der Waals surface area contributed by atoms with Crippen LogP contribution in [0.4, 0.5) is 0 Å². The smallest absolute Gasteiger partial charge is 0.457 e. The number of ether oxygens (including phenoxy) is 2. The van der Waals surface area contributed by atoms with Gasteiger partial charge in [-0.05, 0) is 64.2 Å². The lowest BCUT2D eigenvalue weighted by atomic mass is 9.85. The van der Waals surface area contributed by atoms with E-state index >= 15 is 0 Å². The summed E-state index contributed by atoms with van der Waals surface area (Å²) in [5.41, 5.74) is 0. The van der Waals surface area contributed by atoms with Gasteiger partial charge in [-0.15, -0.1) is 0 Å². The molecule has 0 amide bonds. The van der Waals surface area contributed by atoms with Gasteiger partial charge in [-0.25, -0.2) is 4.57 Å². The molecule has 1 aliphatic carbocycles. The fourth-order valence-corrected chi connectivity index (χ4v) is 9.79. The molecule has 0 aromatic carbocycles. The van der Waals surface area contributed by atoms with Crippen molar-refractivity contribution in [1.29, 1.82) is 0 Å². The summed E-state index contributed by atoms with van der Waals surface area (Å²) in [6.07, 6.45) is 42.4. The number of phosphoric acid groups is 1. The first-order chi connectivity index (χ1) is 33.0. The molecule has 1 saturated carbocycles. The molecule has 1 aliphatic rings. The molecule has 12 nitrogen and oxygen atoms in total. The van der Waals surface area contributed by atoms with E-state index < -0.39 is 63.1 Å². The maximum Gasteiger partial charge on any atom is 0.472 e. The van der Waals surface area contributed by atoms with Gasteiger partial charge >= 0.3 is 13.8 Å². The lowest BCUT2D eigenvalue weighted by Crippen LogP contribution is -2.64. The van der Waals surface area contributed by atoms with E-state index in [1.165, 1.54) is 193 Å². The van der Waals surface area contributed by atoms with Crippen LogP contribution >= 0.6 is 7.82 Å². The van der Waals surface area contributed by atoms with Crippen molar-refractivity contribution in [2.75, 3.05) is 19.8 Å². The molecule has 0 saturated heterocycles. The third-order valence-electron chi connectivity index (χ3n) is 13.3. The first kappa shape index (κ1) is 64.8. The van der Waals surface area contributed by atoms with E-state index in [2.05, 4.69) is 38.2 Å². The zero-order chi connectivity index (χ0) is 49.8. The van der Waals surface area contributed by atoms with Crippen molar-refractivity contribution >= 4 is 13.8 Å². The molecule has 1 rings (SSSR count). The predicted molar refractivity (Wildman–Crippen MR) is 276 cm³/mol. The van der Waals surface area contributed by atoms with Crippen LogP contribution in [0.1, 0.15) is 258 Å². The minimum Gasteiger partial charge on any atom is -0.457 e. The van der Waals surface area contributed by atoms with Crippen LogP contribution in [-0.2, 0) is 27.9 Å². The summed E-state index contributed by atoms with van der Waals surface area (Å²) in [6.45, 7) is 4.30. The van der Waals surface area contributed by atoms with Gasteiger partial charge in [0.05, 0.1) is 13.2 Å². The van der Waals surface area contributed by atoms with E-state index in [0.717, 1.165) is 38.5 Å². The molecule has 68 heavy (non-hydrogen) atoms. The first-order valence-corrected chi connectivity index (χ1v) is 29.7. The number of hydrogen-bond acceptors (Lipinski definition) is 11. The zero-order valence-corrected chi connectivity index (χ0v) is 44.3. The molecule has 13 heteroatoms. The molecule has 0 heterocycles. The minimum absolute atomic E-state index is 0.0755. The van der Waals surface area contributed by atoms with Gasteiger partial charge in [-0.2, -0.15) is 0 Å². The van der Waals surface area contributed by atoms with Gasteiger partial charge in [0.2, 0.25) is 0 Å². The number of aliphatic hydroxyl groups is 5. The van der Waals surface area contributed by atoms with Crippen LogP contribution in [0.2, 0.25) is 0 Å². The molecule has 0 spiro atoms. The topological polar surface area (TPSA) is 192 Å². The molecule has 1 fully saturated rings. The van der Waals surface area contributed by atoms with Crippen molar-refractivity contribution in [2.24, 2.45) is 0 Å². The second kappa shape index (κ2) is 45.7. The van der Waals surface area contributed by atoms with Crippen LogP contribution in [0, 0.1) is 0 Å². The van der Waals surface area contributed by atoms with E-state index in [1.807, 2.05) is 0 Å². The summed E-state index contributed by atoms with van der Waals surface area (Å²) in [4.78, 5) is 23.3. The van der Waals surface area contributed by atoms with E-state index in [0.29, 0.717) is 13.0 Å². The van der Waals surface area contributed by atoms with Gasteiger partial charge in [0.25, 0.3) is 0 Å². The SMILES string of the molecule is CCCCCCCC/C=C\CCCCCCCCCCOCC(COP(=O)(O)OC1C(O)C(O)C(O)C(O)C1O)OC(=O)CCCCCCCCCCCCC/C=C\CCCCCCCCCC. The number of carbonyl (C=O) groups excluding carboxylic acids is 1. The van der Waals surface area contributed by atoms with E-state index in [9.17, 15) is 39.8 Å². The summed E-state index contributed by atoms with van der Waals surface area (Å²) in [5, 5.41) is 50.4. The van der Waals surface area contributed by atoms with Crippen molar-refractivity contribution in [1.82, 2.24) is 0 Å². The van der Waals surface area contributed by atoms with Crippen molar-refractivity contribution < 1.29 is 58.3 Å². The molecular weight excluding hydrogens is 884 g/mol. The average molecular weight is 989 g/mol. The fraction of sp³-hybridized carbons (Fsp3) is 0.909. The predicted octanol–water partition coefficient (Wildman–Crippen LogP) is 13.2. The Morgan fingerprint density at radius 1 is 0.456 bits per heavy atom. The van der Waals surface area contributed by atoms with Crippen molar-refractivity contribution in [3.05, 3.63) is 24.3 Å². The summed E-state index contributed by atoms with van der Waals surface area (Å²) < 4.78 is 34.4. The van der Waals surface area contributed by atoms with Gasteiger partial charge < -0.3 is 39.9 Å². The Labute approximate surface area is 415 Å². The van der Waals surface area contributed by atoms with Crippen LogP contribution in [0.3, 0.4) is 0 Å². The van der Waals surface area contributed by atoms with Gasteiger partial charge in [0.1, 0.15) is 42.7 Å². The third-order valence-corrected chi connectivity index (χ3v) is 14.3. The number of carbonyl (C=O) groups is 1. The number of unbranched alkanes of at least 4 members (excludes halogenated alkanes) is 33. The molecule has 402 valence electrons. The Morgan fingerprint density at radius 3 is 1.16 bits per heavy atom. The standard InChI is InChI=1S/C55H105O12P/c1-3-5-7-9-11-13-15-17-19-21-23-24-25-26-27-28-30-32-34-36-38-40-42-44-49(56)66-48(47-65-68(62,63)67-55-53(60)51(58)50(57)52(59)54(55)61)46-64-45-43-41-39-37-35-33-31-29-22-20-18-16-14-12-10-8-6-4-2/h18,20-21,23,48,50-55,57-61H,3-17,19,22,24-47H2,1-2H3,(H,62,63)/b20-18-,23-21-. The minimum atomic E-state index is -5.02. The number of hydrogen-bond donors (Lipinski definition) is 6. The summed E-state index contributed by atoms with van der Waals surface area (Å²) in [6, 6.07) is 0. The summed E-state index contributed by atoms with van der Waals surface area (Å²) >= 11 is 0. The summed E-state index contributed by atoms with van der Waals surface area (Å²) in [5.74, 6) is -0.475. The number of phosphoric ester groups is 1. The molecular formula is C55H105O12P. The van der Waals surface area contributed by atoms with E-state index in [4.69, 9.17) is 18.5 Å². The van der Waals surface area contributed by atoms with E-state index in [1.54, 1.807) is 0 Å². The Hall–Kier alpha value is -1.18. The zero-order valence-electron chi connectivity index (χ0n) is 43.4. The number of esters is 1. The Bertz CT molecular complexity index is 1220. The van der Waals surface area contributed by atoms with E-state index in [-0.39, 0.29) is 13.0 Å². The van der Waals surface area contributed by atoms with Gasteiger partial charge in [0, 0.05) is 13.0 Å². The van der Waals surface area contributed by atoms with Crippen molar-refractivity contribution in [2.45, 2.75) is 301 Å². The van der Waals surface area contributed by atoms with Crippen LogP contribution < -0.4 is 0 Å². The Kier molecular flexibility index (Phi) is 43.5. The van der Waals surface area contributed by atoms with Crippen molar-refractivity contribution in [3.63, 3.8) is 0 Å². The van der Waals surface area contributed by atoms with Crippen LogP contribution in [0.5, 0.6) is 0 Å². The quantitative estimate of drug-likeness (QED) is 0.0146. The molecule has 0 bridgehead atoms. The maximum absolute atomic E-state index is 12.9. The molecule has 0 aromatic heterocycles. The molecule has 0 aliphatic heterocycles. The number of rotatable bonds is 49. The first-order valence-electron chi connectivity index (χ1n) is 28.2. The fourth-order valence-electron chi connectivity index (χ4n) is 8.82. The summed E-state index contributed by atoms with van der Waals surface area (Å²) in [7, 11) is -5.02. The highest BCUT2D eigenvalue weighted by Gasteiger charge is 2.51. The van der Waals surface area contributed by atoms with Gasteiger partial charge in [-0.1, -0.05) is 212 Å². The highest BCUT2D eigenvalue weighted by molar-refractivity contribution is 7.47. The van der Waals surface area contributed by atoms with Crippen LogP contribution in [0.15, 0.2) is 24.3 Å². The average Bonchev–Trinajstić information content (AvgIpc) is 3.32. The highest BCUT2D eigenvalue weighted by Crippen LogP contribution is 2.47. The molecule has 0 aromatic rings. The van der Waals surface area contributed by atoms with Crippen LogP contribution in [-0.4, -0.2) is 98.9 Å². The molecule has 6 unspecified atom stereocenters. The molecule has 6 atom stereocenters. The van der Waals surface area contributed by atoms with Crippen LogP contribution in [0.25, 0.3) is 0 Å². The monoisotopic (exact) mass is 989 g/mol. The maximum atomic E-state index is 12.9. The largest absolute Gasteiger partial charge is 0.472 e. The van der Waals surface area contributed by atoms with Gasteiger partial charge in [-0.3, -0.25) is 13.8 Å². The Morgan fingerprint density at radius 2 is 0.779 bits per heavy atom.